The van der Waals surface area contributed by atoms with Gasteiger partial charge in [-0.1, -0.05) is 23.7 Å². The Hall–Kier alpha value is -1.63. The fraction of sp³-hybridized carbons (Fsp3) is 0.385. The summed E-state index contributed by atoms with van der Waals surface area (Å²) in [7, 11) is 0. The van der Waals surface area contributed by atoms with Crippen molar-refractivity contribution in [3.8, 4) is 0 Å². The maximum atomic E-state index is 12.0. The molecule has 1 aliphatic rings. The molecule has 7 heteroatoms. The number of piperazine rings is 1. The first-order valence-corrected chi connectivity index (χ1v) is 6.67. The zero-order valence-electron chi connectivity index (χ0n) is 10.8. The van der Waals surface area contributed by atoms with Gasteiger partial charge >= 0.3 is 5.97 Å². The van der Waals surface area contributed by atoms with E-state index >= 15 is 0 Å². The van der Waals surface area contributed by atoms with E-state index in [1.807, 2.05) is 0 Å². The molecule has 1 unspecified atom stereocenters. The first-order valence-electron chi connectivity index (χ1n) is 6.30. The molecule has 0 spiro atoms. The highest BCUT2D eigenvalue weighted by Crippen LogP contribution is 2.20. The first-order chi connectivity index (χ1) is 9.58. The van der Waals surface area contributed by atoms with Crippen molar-refractivity contribution in [2.45, 2.75) is 6.04 Å². The largest absolute Gasteiger partial charge is 0.480 e. The Morgan fingerprint density at radius 2 is 2.20 bits per heavy atom. The van der Waals surface area contributed by atoms with Crippen LogP contribution in [0.5, 0.6) is 0 Å². The number of carboxylic acid groups (broad SMARTS) is 1. The van der Waals surface area contributed by atoms with Crippen LogP contribution in [0.3, 0.4) is 0 Å². The SMILES string of the molecule is O=C(CN1CCNCC1C(=O)O)Nc1ccccc1Cl. The lowest BCUT2D eigenvalue weighted by Crippen LogP contribution is -2.56. The van der Waals surface area contributed by atoms with Crippen molar-refractivity contribution in [1.29, 1.82) is 0 Å². The molecule has 108 valence electrons. The second kappa shape index (κ2) is 6.69. The first kappa shape index (κ1) is 14.8. The molecule has 6 nitrogen and oxygen atoms in total. The minimum absolute atomic E-state index is 0.0316. The van der Waals surface area contributed by atoms with E-state index < -0.39 is 12.0 Å². The smallest absolute Gasteiger partial charge is 0.322 e. The van der Waals surface area contributed by atoms with Gasteiger partial charge in [0.05, 0.1) is 17.3 Å². The van der Waals surface area contributed by atoms with Crippen molar-refractivity contribution in [3.05, 3.63) is 29.3 Å². The van der Waals surface area contributed by atoms with Crippen LogP contribution in [0.4, 0.5) is 5.69 Å². The van der Waals surface area contributed by atoms with Crippen molar-refractivity contribution < 1.29 is 14.7 Å². The van der Waals surface area contributed by atoms with E-state index in [4.69, 9.17) is 16.7 Å². The molecule has 1 heterocycles. The molecular weight excluding hydrogens is 282 g/mol. The molecule has 2 rings (SSSR count). The molecule has 0 aliphatic carbocycles. The summed E-state index contributed by atoms with van der Waals surface area (Å²) in [5.41, 5.74) is 0.529. The molecule has 1 aromatic carbocycles. The highest BCUT2D eigenvalue weighted by atomic mass is 35.5. The molecule has 1 aromatic rings. The molecule has 3 N–H and O–H groups in total. The zero-order chi connectivity index (χ0) is 14.5. The quantitative estimate of drug-likeness (QED) is 0.760. The predicted molar refractivity (Wildman–Crippen MR) is 75.9 cm³/mol. The number of halogens is 1. The molecule has 1 saturated heterocycles. The van der Waals surface area contributed by atoms with Crippen molar-refractivity contribution in [2.75, 3.05) is 31.5 Å². The number of hydrogen-bond donors (Lipinski definition) is 3. The van der Waals surface area contributed by atoms with Gasteiger partial charge in [-0.2, -0.15) is 0 Å². The Morgan fingerprint density at radius 3 is 2.90 bits per heavy atom. The molecule has 1 atom stereocenters. The molecule has 0 aromatic heterocycles. The molecule has 1 aliphatic heterocycles. The summed E-state index contributed by atoms with van der Waals surface area (Å²) in [5, 5.41) is 15.3. The van der Waals surface area contributed by atoms with Gasteiger partial charge < -0.3 is 15.7 Å². The van der Waals surface area contributed by atoms with Gasteiger partial charge in [0.1, 0.15) is 6.04 Å². The number of para-hydroxylation sites is 1. The fourth-order valence-electron chi connectivity index (χ4n) is 2.12. The summed E-state index contributed by atoms with van der Waals surface area (Å²) in [6, 6.07) is 6.25. The number of carbonyl (C=O) groups excluding carboxylic acids is 1. The van der Waals surface area contributed by atoms with E-state index in [-0.39, 0.29) is 12.5 Å². The van der Waals surface area contributed by atoms with E-state index in [0.717, 1.165) is 0 Å². The molecule has 0 saturated carbocycles. The molecule has 20 heavy (non-hydrogen) atoms. The van der Waals surface area contributed by atoms with Crippen LogP contribution in [0.15, 0.2) is 24.3 Å². The number of carboxylic acids is 1. The Kier molecular flexibility index (Phi) is 4.94. The number of nitrogens with one attached hydrogen (secondary N) is 2. The maximum absolute atomic E-state index is 12.0. The van der Waals surface area contributed by atoms with Crippen LogP contribution in [-0.2, 0) is 9.59 Å². The van der Waals surface area contributed by atoms with Crippen LogP contribution < -0.4 is 10.6 Å². The van der Waals surface area contributed by atoms with Crippen molar-refractivity contribution in [1.82, 2.24) is 10.2 Å². The summed E-state index contributed by atoms with van der Waals surface area (Å²) >= 11 is 5.96. The second-order valence-corrected chi connectivity index (χ2v) is 4.96. The third-order valence-electron chi connectivity index (χ3n) is 3.13. The predicted octanol–water partition coefficient (Wildman–Crippen LogP) is 0.637. The number of anilines is 1. The van der Waals surface area contributed by atoms with E-state index in [2.05, 4.69) is 10.6 Å². The van der Waals surface area contributed by atoms with Crippen molar-refractivity contribution in [2.24, 2.45) is 0 Å². The third-order valence-corrected chi connectivity index (χ3v) is 3.46. The van der Waals surface area contributed by atoms with E-state index in [0.29, 0.717) is 30.3 Å². The highest BCUT2D eigenvalue weighted by Gasteiger charge is 2.29. The highest BCUT2D eigenvalue weighted by molar-refractivity contribution is 6.33. The van der Waals surface area contributed by atoms with Crippen molar-refractivity contribution in [3.63, 3.8) is 0 Å². The number of aliphatic carboxylic acids is 1. The zero-order valence-corrected chi connectivity index (χ0v) is 11.6. The van der Waals surface area contributed by atoms with E-state index in [1.54, 1.807) is 29.2 Å². The normalized spacial score (nSPS) is 19.6. The van der Waals surface area contributed by atoms with Crippen LogP contribution in [0.1, 0.15) is 0 Å². The molecule has 0 bridgehead atoms. The molecule has 1 amide bonds. The molecule has 1 fully saturated rings. The summed E-state index contributed by atoms with van der Waals surface area (Å²) in [4.78, 5) is 24.7. The van der Waals surface area contributed by atoms with Crippen molar-refractivity contribution >= 4 is 29.2 Å². The van der Waals surface area contributed by atoms with Crippen LogP contribution in [0, 0.1) is 0 Å². The number of amides is 1. The van der Waals surface area contributed by atoms with Gasteiger partial charge in [-0.3, -0.25) is 14.5 Å². The number of rotatable bonds is 4. The average molecular weight is 298 g/mol. The number of nitrogens with zero attached hydrogens (tertiary/aromatic N) is 1. The number of hydrogen-bond acceptors (Lipinski definition) is 4. The Bertz CT molecular complexity index is 509. The molecule has 0 radical (unpaired) electrons. The van der Waals surface area contributed by atoms with Crippen LogP contribution >= 0.6 is 11.6 Å². The van der Waals surface area contributed by atoms with Crippen LogP contribution in [-0.4, -0.2) is 54.1 Å². The monoisotopic (exact) mass is 297 g/mol. The van der Waals surface area contributed by atoms with Gasteiger partial charge in [-0.15, -0.1) is 0 Å². The van der Waals surface area contributed by atoms with Gasteiger partial charge in [0, 0.05) is 19.6 Å². The number of carbonyl (C=O) groups is 2. The Labute approximate surface area is 121 Å². The van der Waals surface area contributed by atoms with Gasteiger partial charge in [0.2, 0.25) is 5.91 Å². The fourth-order valence-corrected chi connectivity index (χ4v) is 2.30. The second-order valence-electron chi connectivity index (χ2n) is 4.56. The summed E-state index contributed by atoms with van der Waals surface area (Å²) in [5.74, 6) is -1.20. The van der Waals surface area contributed by atoms with Gasteiger partial charge in [0.15, 0.2) is 0 Å². The van der Waals surface area contributed by atoms with Crippen LogP contribution in [0.25, 0.3) is 0 Å². The molecular formula is C13H16ClN3O3. The van der Waals surface area contributed by atoms with Gasteiger partial charge in [-0.05, 0) is 12.1 Å². The topological polar surface area (TPSA) is 81.7 Å². The summed E-state index contributed by atoms with van der Waals surface area (Å²) < 4.78 is 0. The van der Waals surface area contributed by atoms with Gasteiger partial charge in [-0.25, -0.2) is 0 Å². The maximum Gasteiger partial charge on any atom is 0.322 e. The Morgan fingerprint density at radius 1 is 1.45 bits per heavy atom. The standard InChI is InChI=1S/C13H16ClN3O3/c14-9-3-1-2-4-10(9)16-12(18)8-17-6-5-15-7-11(17)13(19)20/h1-4,11,15H,5-8H2,(H,16,18)(H,19,20). The van der Waals surface area contributed by atoms with Gasteiger partial charge in [0.25, 0.3) is 0 Å². The number of benzene rings is 1. The minimum atomic E-state index is -0.928. The third kappa shape index (κ3) is 3.69. The van der Waals surface area contributed by atoms with E-state index in [1.165, 1.54) is 0 Å². The van der Waals surface area contributed by atoms with E-state index in [9.17, 15) is 9.59 Å². The summed E-state index contributed by atoms with van der Waals surface area (Å²) in [6.07, 6.45) is 0. The lowest BCUT2D eigenvalue weighted by atomic mass is 10.2. The minimum Gasteiger partial charge on any atom is -0.480 e. The lowest BCUT2D eigenvalue weighted by molar-refractivity contribution is -0.144. The lowest BCUT2D eigenvalue weighted by Gasteiger charge is -2.32. The average Bonchev–Trinajstić information content (AvgIpc) is 2.41. The van der Waals surface area contributed by atoms with Crippen LogP contribution in [0.2, 0.25) is 5.02 Å². The summed E-state index contributed by atoms with van der Waals surface area (Å²) in [6.45, 7) is 1.56. The Balaban J connectivity index is 1.96.